The summed E-state index contributed by atoms with van der Waals surface area (Å²) < 4.78 is 5.39. The molecule has 0 aliphatic carbocycles. The summed E-state index contributed by atoms with van der Waals surface area (Å²) in [5.41, 5.74) is 0.392. The minimum atomic E-state index is -0.902. The highest BCUT2D eigenvalue weighted by Gasteiger charge is 2.18. The average Bonchev–Trinajstić information content (AvgIpc) is 2.38. The topological polar surface area (TPSA) is 87.7 Å². The van der Waals surface area contributed by atoms with Gasteiger partial charge in [0.1, 0.15) is 5.75 Å². The fourth-order valence-electron chi connectivity index (χ4n) is 1.32. The lowest BCUT2D eigenvalue weighted by atomic mass is 10.2. The number of imide groups is 1. The molecule has 104 valence electrons. The molecule has 0 aliphatic heterocycles. The molecule has 1 unspecified atom stereocenters. The largest absolute Gasteiger partial charge is 0.480 e. The number of aliphatic hydroxyl groups is 1. The summed E-state index contributed by atoms with van der Waals surface area (Å²) in [6.07, 6.45) is -0.902. The number of hydrogen-bond acceptors (Lipinski definition) is 4. The maximum absolute atomic E-state index is 11.6. The van der Waals surface area contributed by atoms with Crippen LogP contribution in [0.4, 0.5) is 4.79 Å². The zero-order chi connectivity index (χ0) is 14.4. The number of aliphatic hydroxyl groups excluding tert-OH is 1. The number of urea groups is 1. The van der Waals surface area contributed by atoms with E-state index in [0.29, 0.717) is 16.3 Å². The number of rotatable bonds is 4. The van der Waals surface area contributed by atoms with Crippen molar-refractivity contribution in [1.82, 2.24) is 10.6 Å². The number of nitrogens with one attached hydrogen (secondary N) is 2. The second-order valence-electron chi connectivity index (χ2n) is 3.70. The number of hydrogen-bond donors (Lipinski definition) is 3. The summed E-state index contributed by atoms with van der Waals surface area (Å²) in [5, 5.41) is 13.9. The van der Waals surface area contributed by atoms with Gasteiger partial charge in [0.15, 0.2) is 6.10 Å². The predicted molar refractivity (Wildman–Crippen MR) is 70.1 cm³/mol. The monoisotopic (exact) mass is 286 g/mol. The first-order chi connectivity index (χ1) is 8.99. The number of carbonyl (C=O) groups excluding carboxylic acids is 2. The number of halogens is 1. The van der Waals surface area contributed by atoms with Crippen molar-refractivity contribution in [2.75, 3.05) is 7.05 Å². The van der Waals surface area contributed by atoms with Gasteiger partial charge in [-0.1, -0.05) is 17.7 Å². The lowest BCUT2D eigenvalue weighted by Crippen LogP contribution is -2.44. The Morgan fingerprint density at radius 2 is 2.16 bits per heavy atom. The third-order valence-electron chi connectivity index (χ3n) is 2.37. The smallest absolute Gasteiger partial charge is 0.321 e. The Labute approximate surface area is 115 Å². The van der Waals surface area contributed by atoms with Crippen molar-refractivity contribution in [3.8, 4) is 5.75 Å². The van der Waals surface area contributed by atoms with Crippen molar-refractivity contribution in [2.24, 2.45) is 0 Å². The van der Waals surface area contributed by atoms with Crippen LogP contribution < -0.4 is 15.4 Å². The maximum atomic E-state index is 11.6. The zero-order valence-electron chi connectivity index (χ0n) is 10.6. The lowest BCUT2D eigenvalue weighted by molar-refractivity contribution is -0.126. The second kappa shape index (κ2) is 6.96. The Hall–Kier alpha value is -1.79. The Bertz CT molecular complexity index is 479. The molecule has 0 aliphatic rings. The molecule has 0 spiro atoms. The van der Waals surface area contributed by atoms with Gasteiger partial charge in [-0.3, -0.25) is 10.1 Å². The number of ether oxygens (including phenoxy) is 1. The van der Waals surface area contributed by atoms with Crippen LogP contribution in [-0.2, 0) is 11.4 Å². The fourth-order valence-corrected chi connectivity index (χ4v) is 1.55. The van der Waals surface area contributed by atoms with Crippen LogP contribution in [0, 0.1) is 0 Å². The van der Waals surface area contributed by atoms with E-state index in [1.54, 1.807) is 18.2 Å². The van der Waals surface area contributed by atoms with Crippen LogP contribution in [0.15, 0.2) is 18.2 Å². The number of carbonyl (C=O) groups is 2. The zero-order valence-corrected chi connectivity index (χ0v) is 11.3. The summed E-state index contributed by atoms with van der Waals surface area (Å²) >= 11 is 5.89. The van der Waals surface area contributed by atoms with Gasteiger partial charge in [-0.25, -0.2) is 4.79 Å². The second-order valence-corrected chi connectivity index (χ2v) is 4.11. The highest BCUT2D eigenvalue weighted by atomic mass is 35.5. The SMILES string of the molecule is CNC(=O)NC(=O)C(C)Oc1cccc(Cl)c1CO. The van der Waals surface area contributed by atoms with Crippen LogP contribution in [0.1, 0.15) is 12.5 Å². The van der Waals surface area contributed by atoms with E-state index in [4.69, 9.17) is 16.3 Å². The van der Waals surface area contributed by atoms with Gasteiger partial charge in [-0.2, -0.15) is 0 Å². The van der Waals surface area contributed by atoms with Crippen LogP contribution in [-0.4, -0.2) is 30.2 Å². The third-order valence-corrected chi connectivity index (χ3v) is 2.72. The standard InChI is InChI=1S/C12H15ClN2O4/c1-7(11(17)15-12(18)14-2)19-10-5-3-4-9(13)8(10)6-16/h3-5,7,16H,6H2,1-2H3,(H2,14,15,17,18). The number of benzene rings is 1. The van der Waals surface area contributed by atoms with Gasteiger partial charge in [0, 0.05) is 17.6 Å². The number of amides is 3. The Morgan fingerprint density at radius 1 is 1.47 bits per heavy atom. The van der Waals surface area contributed by atoms with Gasteiger partial charge in [0.2, 0.25) is 0 Å². The van der Waals surface area contributed by atoms with E-state index >= 15 is 0 Å². The van der Waals surface area contributed by atoms with Crippen LogP contribution in [0.3, 0.4) is 0 Å². The normalized spacial score (nSPS) is 11.6. The van der Waals surface area contributed by atoms with Gasteiger partial charge < -0.3 is 15.2 Å². The minimum absolute atomic E-state index is 0.301. The molecule has 3 N–H and O–H groups in total. The average molecular weight is 287 g/mol. The van der Waals surface area contributed by atoms with E-state index < -0.39 is 18.0 Å². The van der Waals surface area contributed by atoms with E-state index in [2.05, 4.69) is 10.6 Å². The molecular weight excluding hydrogens is 272 g/mol. The van der Waals surface area contributed by atoms with Gasteiger partial charge in [-0.15, -0.1) is 0 Å². The summed E-state index contributed by atoms with van der Waals surface area (Å²) in [6.45, 7) is 1.18. The molecule has 0 aromatic heterocycles. The van der Waals surface area contributed by atoms with Gasteiger partial charge in [-0.05, 0) is 19.1 Å². The van der Waals surface area contributed by atoms with Gasteiger partial charge in [0.25, 0.3) is 5.91 Å². The first kappa shape index (κ1) is 15.3. The predicted octanol–water partition coefficient (Wildman–Crippen LogP) is 1.06. The summed E-state index contributed by atoms with van der Waals surface area (Å²) in [4.78, 5) is 22.6. The minimum Gasteiger partial charge on any atom is -0.480 e. The van der Waals surface area contributed by atoms with Crippen LogP contribution in [0.5, 0.6) is 5.75 Å². The first-order valence-corrected chi connectivity index (χ1v) is 5.94. The molecule has 0 fully saturated rings. The summed E-state index contributed by atoms with van der Waals surface area (Å²) in [7, 11) is 1.40. The van der Waals surface area contributed by atoms with E-state index in [9.17, 15) is 14.7 Å². The van der Waals surface area contributed by atoms with Crippen molar-refractivity contribution in [3.05, 3.63) is 28.8 Å². The molecule has 1 rings (SSSR count). The molecule has 6 nitrogen and oxygen atoms in total. The van der Waals surface area contributed by atoms with E-state index in [1.807, 2.05) is 0 Å². The molecule has 7 heteroatoms. The van der Waals surface area contributed by atoms with Crippen molar-refractivity contribution < 1.29 is 19.4 Å². The molecular formula is C12H15ClN2O4. The van der Waals surface area contributed by atoms with Crippen molar-refractivity contribution in [3.63, 3.8) is 0 Å². The quantitative estimate of drug-likeness (QED) is 0.772. The Balaban J connectivity index is 2.77. The molecule has 0 saturated carbocycles. The van der Waals surface area contributed by atoms with E-state index in [1.165, 1.54) is 14.0 Å². The molecule has 19 heavy (non-hydrogen) atoms. The third kappa shape index (κ3) is 4.11. The molecule has 3 amide bonds. The highest BCUT2D eigenvalue weighted by Crippen LogP contribution is 2.27. The van der Waals surface area contributed by atoms with Crippen molar-refractivity contribution >= 4 is 23.5 Å². The Kier molecular flexibility index (Phi) is 5.59. The van der Waals surface area contributed by atoms with Crippen LogP contribution in [0.25, 0.3) is 0 Å². The molecule has 0 heterocycles. The highest BCUT2D eigenvalue weighted by molar-refractivity contribution is 6.31. The van der Waals surface area contributed by atoms with E-state index in [0.717, 1.165) is 0 Å². The molecule has 0 radical (unpaired) electrons. The first-order valence-electron chi connectivity index (χ1n) is 5.57. The van der Waals surface area contributed by atoms with Crippen molar-refractivity contribution in [2.45, 2.75) is 19.6 Å². The van der Waals surface area contributed by atoms with E-state index in [-0.39, 0.29) is 6.61 Å². The molecule has 0 saturated heterocycles. The van der Waals surface area contributed by atoms with Crippen molar-refractivity contribution in [1.29, 1.82) is 0 Å². The molecule has 1 aromatic carbocycles. The molecule has 1 aromatic rings. The molecule has 1 atom stereocenters. The summed E-state index contributed by atoms with van der Waals surface area (Å²) in [5.74, 6) is -0.294. The fraction of sp³-hybridized carbons (Fsp3) is 0.333. The van der Waals surface area contributed by atoms with Crippen LogP contribution in [0.2, 0.25) is 5.02 Å². The van der Waals surface area contributed by atoms with Gasteiger partial charge in [0.05, 0.1) is 6.61 Å². The summed E-state index contributed by atoms with van der Waals surface area (Å²) in [6, 6.07) is 4.21. The molecule has 0 bridgehead atoms. The van der Waals surface area contributed by atoms with Gasteiger partial charge >= 0.3 is 6.03 Å². The van der Waals surface area contributed by atoms with Crippen LogP contribution >= 0.6 is 11.6 Å². The maximum Gasteiger partial charge on any atom is 0.321 e. The Morgan fingerprint density at radius 3 is 2.74 bits per heavy atom. The lowest BCUT2D eigenvalue weighted by Gasteiger charge is -2.16.